The quantitative estimate of drug-likeness (QED) is 0.575. The molecule has 0 amide bonds. The zero-order valence-electron chi connectivity index (χ0n) is 16.1. The molecule has 1 N–H and O–H groups in total. The van der Waals surface area contributed by atoms with Crippen molar-refractivity contribution in [3.63, 3.8) is 0 Å². The molecule has 1 aromatic heterocycles. The number of halogens is 3. The van der Waals surface area contributed by atoms with Crippen molar-refractivity contribution in [1.82, 2.24) is 10.2 Å². The standard InChI is InChI=1S/C20H18BF3N4O/c1-19(2,21(3)12-25)18-28-27-17(29-18)15-6-4-5-7-16(15)26-14-10-8-13(9-11-14)20(22,23)24/h4-11,26H,1-3H3. The predicted octanol–water partition coefficient (Wildman–Crippen LogP) is 5.50. The molecule has 0 aliphatic rings. The van der Waals surface area contributed by atoms with Gasteiger partial charge in [-0.15, -0.1) is 10.2 Å². The summed E-state index contributed by atoms with van der Waals surface area (Å²) in [6.45, 7) is 5.15. The molecule has 3 rings (SSSR count). The smallest absolute Gasteiger partial charge is 0.416 e. The first-order valence-corrected chi connectivity index (χ1v) is 8.90. The van der Waals surface area contributed by atoms with Gasteiger partial charge in [0.2, 0.25) is 11.8 Å². The second-order valence-corrected chi connectivity index (χ2v) is 7.23. The number of anilines is 2. The Morgan fingerprint density at radius 3 is 2.31 bits per heavy atom. The molecule has 0 unspecified atom stereocenters. The van der Waals surface area contributed by atoms with Crippen molar-refractivity contribution in [3.05, 3.63) is 60.0 Å². The third kappa shape index (κ3) is 4.26. The highest BCUT2D eigenvalue weighted by molar-refractivity contribution is 6.68. The molecular weight excluding hydrogens is 380 g/mol. The highest BCUT2D eigenvalue weighted by Gasteiger charge is 2.37. The largest absolute Gasteiger partial charge is 0.421 e. The molecule has 0 saturated heterocycles. The Morgan fingerprint density at radius 2 is 1.69 bits per heavy atom. The average molecular weight is 398 g/mol. The van der Waals surface area contributed by atoms with Crippen LogP contribution in [0.25, 0.3) is 11.5 Å². The number of hydrogen-bond acceptors (Lipinski definition) is 5. The van der Waals surface area contributed by atoms with Gasteiger partial charge in [-0.2, -0.15) is 13.2 Å². The van der Waals surface area contributed by atoms with Crippen molar-refractivity contribution >= 4 is 18.1 Å². The number of para-hydroxylation sites is 1. The lowest BCUT2D eigenvalue weighted by molar-refractivity contribution is -0.137. The first-order valence-electron chi connectivity index (χ1n) is 8.90. The predicted molar refractivity (Wildman–Crippen MR) is 105 cm³/mol. The summed E-state index contributed by atoms with van der Waals surface area (Å²) in [6, 6.07) is 11.9. The maximum absolute atomic E-state index is 12.7. The molecule has 0 spiro atoms. The molecular formula is C20H18BF3N4O. The van der Waals surface area contributed by atoms with Crippen LogP contribution in [0.4, 0.5) is 24.5 Å². The summed E-state index contributed by atoms with van der Waals surface area (Å²) in [5, 5.41) is 19.9. The average Bonchev–Trinajstić information content (AvgIpc) is 3.18. The zero-order chi connectivity index (χ0) is 21.2. The fourth-order valence-corrected chi connectivity index (χ4v) is 2.62. The molecule has 0 aliphatic carbocycles. The van der Waals surface area contributed by atoms with Crippen molar-refractivity contribution in [1.29, 1.82) is 5.26 Å². The summed E-state index contributed by atoms with van der Waals surface area (Å²) in [6.07, 6.45) is -4.38. The second kappa shape index (κ2) is 7.62. The maximum Gasteiger partial charge on any atom is 0.416 e. The Labute approximate surface area is 166 Å². The molecule has 0 aliphatic heterocycles. The zero-order valence-corrected chi connectivity index (χ0v) is 16.1. The third-order valence-electron chi connectivity index (χ3n) is 4.90. The van der Waals surface area contributed by atoms with Crippen LogP contribution in [0.1, 0.15) is 25.3 Å². The van der Waals surface area contributed by atoms with Gasteiger partial charge in [0.15, 0.2) is 0 Å². The molecule has 9 heteroatoms. The van der Waals surface area contributed by atoms with Crippen molar-refractivity contribution in [2.75, 3.05) is 5.32 Å². The van der Waals surface area contributed by atoms with Gasteiger partial charge in [-0.1, -0.05) is 32.8 Å². The third-order valence-corrected chi connectivity index (χ3v) is 4.90. The van der Waals surface area contributed by atoms with E-state index in [4.69, 9.17) is 4.42 Å². The Morgan fingerprint density at radius 1 is 1.03 bits per heavy atom. The number of benzene rings is 2. The van der Waals surface area contributed by atoms with Gasteiger partial charge in [0.1, 0.15) is 0 Å². The van der Waals surface area contributed by atoms with Crippen molar-refractivity contribution < 1.29 is 17.6 Å². The van der Waals surface area contributed by atoms with E-state index >= 15 is 0 Å². The van der Waals surface area contributed by atoms with E-state index in [-0.39, 0.29) is 12.6 Å². The summed E-state index contributed by atoms with van der Waals surface area (Å²) in [7, 11) is 0. The molecule has 0 atom stereocenters. The van der Waals surface area contributed by atoms with E-state index in [1.54, 1.807) is 31.1 Å². The monoisotopic (exact) mass is 398 g/mol. The summed E-state index contributed by atoms with van der Waals surface area (Å²) in [5.41, 5.74) is 0.982. The van der Waals surface area contributed by atoms with Crippen LogP contribution in [-0.2, 0) is 11.5 Å². The van der Waals surface area contributed by atoms with Gasteiger partial charge in [-0.3, -0.25) is 0 Å². The molecule has 0 saturated carbocycles. The van der Waals surface area contributed by atoms with Crippen LogP contribution in [0.5, 0.6) is 0 Å². The molecule has 0 radical (unpaired) electrons. The van der Waals surface area contributed by atoms with E-state index in [0.717, 1.165) is 12.1 Å². The van der Waals surface area contributed by atoms with Gasteiger partial charge in [0, 0.05) is 17.0 Å². The lowest BCUT2D eigenvalue weighted by Crippen LogP contribution is -2.34. The molecule has 5 nitrogen and oxygen atoms in total. The fourth-order valence-electron chi connectivity index (χ4n) is 2.62. The minimum absolute atomic E-state index is 0.258. The Balaban J connectivity index is 1.90. The number of alkyl halides is 3. The number of nitriles is 1. The first-order chi connectivity index (χ1) is 13.6. The summed E-state index contributed by atoms with van der Waals surface area (Å²) >= 11 is 0. The van der Waals surface area contributed by atoms with Gasteiger partial charge in [-0.25, -0.2) is 5.26 Å². The SMILES string of the molecule is CB(C#N)C(C)(C)c1nnc(-c2ccccc2Nc2ccc(C(F)(F)F)cc2)o1. The van der Waals surface area contributed by atoms with Gasteiger partial charge < -0.3 is 9.73 Å². The lowest BCUT2D eigenvalue weighted by atomic mass is 9.37. The number of nitrogens with zero attached hydrogens (tertiary/aromatic N) is 3. The van der Waals surface area contributed by atoms with E-state index in [1.807, 2.05) is 13.8 Å². The van der Waals surface area contributed by atoms with Crippen LogP contribution >= 0.6 is 0 Å². The van der Waals surface area contributed by atoms with Crippen molar-refractivity contribution in [3.8, 4) is 17.4 Å². The molecule has 3 aromatic rings. The molecule has 0 bridgehead atoms. The Bertz CT molecular complexity index is 1040. The van der Waals surface area contributed by atoms with Gasteiger partial charge in [0.05, 0.1) is 16.8 Å². The summed E-state index contributed by atoms with van der Waals surface area (Å²) < 4.78 is 44.1. The van der Waals surface area contributed by atoms with Gasteiger partial charge in [-0.05, 0) is 36.4 Å². The topological polar surface area (TPSA) is 74.7 Å². The maximum atomic E-state index is 12.7. The highest BCUT2D eigenvalue weighted by Crippen LogP contribution is 2.34. The minimum Gasteiger partial charge on any atom is -0.421 e. The van der Waals surface area contributed by atoms with Crippen molar-refractivity contribution in [2.45, 2.75) is 32.2 Å². The fraction of sp³-hybridized carbons (Fsp3) is 0.250. The normalized spacial score (nSPS) is 11.8. The molecule has 29 heavy (non-hydrogen) atoms. The molecule has 148 valence electrons. The van der Waals surface area contributed by atoms with Crippen molar-refractivity contribution in [2.24, 2.45) is 0 Å². The van der Waals surface area contributed by atoms with E-state index in [9.17, 15) is 18.4 Å². The molecule has 1 heterocycles. The van der Waals surface area contributed by atoms with E-state index in [1.165, 1.54) is 12.1 Å². The van der Waals surface area contributed by atoms with E-state index in [0.29, 0.717) is 22.8 Å². The van der Waals surface area contributed by atoms with E-state index in [2.05, 4.69) is 21.5 Å². The summed E-state index contributed by atoms with van der Waals surface area (Å²) in [4.78, 5) is 0. The first kappa shape index (κ1) is 20.5. The summed E-state index contributed by atoms with van der Waals surface area (Å²) in [5.74, 6) is 2.79. The number of nitrogens with one attached hydrogen (secondary N) is 1. The highest BCUT2D eigenvalue weighted by atomic mass is 19.4. The van der Waals surface area contributed by atoms with Gasteiger partial charge in [0.25, 0.3) is 6.71 Å². The van der Waals surface area contributed by atoms with Crippen LogP contribution < -0.4 is 5.32 Å². The Hall–Kier alpha value is -3.28. The van der Waals surface area contributed by atoms with Crippen LogP contribution in [0.15, 0.2) is 52.9 Å². The van der Waals surface area contributed by atoms with Crippen LogP contribution in [0, 0.1) is 11.2 Å². The second-order valence-electron chi connectivity index (χ2n) is 7.23. The lowest BCUT2D eigenvalue weighted by Gasteiger charge is -2.19. The van der Waals surface area contributed by atoms with Gasteiger partial charge >= 0.3 is 6.18 Å². The minimum atomic E-state index is -4.38. The number of aromatic nitrogens is 2. The number of rotatable bonds is 5. The van der Waals surface area contributed by atoms with Crippen LogP contribution in [0.2, 0.25) is 6.82 Å². The van der Waals surface area contributed by atoms with Crippen LogP contribution in [-0.4, -0.2) is 16.9 Å². The van der Waals surface area contributed by atoms with Crippen LogP contribution in [0.3, 0.4) is 0 Å². The van der Waals surface area contributed by atoms with E-state index < -0.39 is 17.1 Å². The number of hydrogen-bond donors (Lipinski definition) is 1. The molecule has 0 fully saturated rings. The Kier molecular flexibility index (Phi) is 5.38. The molecule has 2 aromatic carbocycles.